The van der Waals surface area contributed by atoms with Gasteiger partial charge < -0.3 is 9.47 Å². The van der Waals surface area contributed by atoms with Crippen LogP contribution in [0.2, 0.25) is 0 Å². The summed E-state index contributed by atoms with van der Waals surface area (Å²) in [6.45, 7) is 3.99. The molecule has 0 aliphatic carbocycles. The van der Waals surface area contributed by atoms with Gasteiger partial charge in [0.05, 0.1) is 0 Å². The summed E-state index contributed by atoms with van der Waals surface area (Å²) in [5, 5.41) is 2.01. The number of benzene rings is 6. The van der Waals surface area contributed by atoms with Crippen LogP contribution in [0.1, 0.15) is 43.0 Å². The van der Waals surface area contributed by atoms with E-state index < -0.39 is 0 Å². The molecule has 0 aromatic heterocycles. The number of hydrogen-bond acceptors (Lipinski definition) is 4. The van der Waals surface area contributed by atoms with Gasteiger partial charge in [-0.3, -0.25) is 9.59 Å². The topological polar surface area (TPSA) is 52.6 Å². The fourth-order valence-corrected chi connectivity index (χ4v) is 4.69. The Morgan fingerprint density at radius 2 is 0.690 bits per heavy atom. The number of rotatable bonds is 8. The van der Waals surface area contributed by atoms with Gasteiger partial charge in [-0.15, -0.1) is 0 Å². The van der Waals surface area contributed by atoms with Crippen LogP contribution in [-0.2, 0) is 0 Å². The summed E-state index contributed by atoms with van der Waals surface area (Å²) in [6, 6.07) is 41.2. The molecule has 0 atom stereocenters. The molecule has 204 valence electrons. The molecule has 4 heteroatoms. The fourth-order valence-electron chi connectivity index (χ4n) is 4.69. The minimum absolute atomic E-state index is 0.0210. The number of ether oxygens (including phenoxy) is 2. The highest BCUT2D eigenvalue weighted by atomic mass is 16.5. The standard InChI is InChI=1S/C38H28O4/c1-25-3-7-28(8-4-25)37(39)30-13-17-33(18-14-30)41-35-21-11-27-12-22-36(24-32(27)23-35)42-34-19-15-31(16-20-34)38(40)29-9-5-26(2)6-10-29/h3-24H,1-2H3. The monoisotopic (exact) mass is 548 g/mol. The Kier molecular flexibility index (Phi) is 7.35. The quantitative estimate of drug-likeness (QED) is 0.178. The lowest BCUT2D eigenvalue weighted by Gasteiger charge is -2.10. The zero-order valence-corrected chi connectivity index (χ0v) is 23.3. The largest absolute Gasteiger partial charge is 0.457 e. The summed E-state index contributed by atoms with van der Waals surface area (Å²) in [5.74, 6) is 2.59. The molecule has 0 radical (unpaired) electrons. The first-order chi connectivity index (χ1) is 20.4. The molecule has 0 heterocycles. The highest BCUT2D eigenvalue weighted by Gasteiger charge is 2.11. The molecule has 6 aromatic rings. The normalized spacial score (nSPS) is 10.8. The smallest absolute Gasteiger partial charge is 0.193 e. The molecular weight excluding hydrogens is 520 g/mol. The number of aryl methyl sites for hydroxylation is 2. The van der Waals surface area contributed by atoms with E-state index in [1.54, 1.807) is 48.5 Å². The third-order valence-electron chi connectivity index (χ3n) is 7.12. The third kappa shape index (κ3) is 5.98. The Bertz CT molecular complexity index is 1750. The maximum atomic E-state index is 12.8. The summed E-state index contributed by atoms with van der Waals surface area (Å²) < 4.78 is 12.2. The second kappa shape index (κ2) is 11.6. The van der Waals surface area contributed by atoms with Gasteiger partial charge >= 0.3 is 0 Å². The van der Waals surface area contributed by atoms with E-state index in [0.717, 1.165) is 21.9 Å². The average Bonchev–Trinajstić information content (AvgIpc) is 3.02. The fraction of sp³-hybridized carbons (Fsp3) is 0.0526. The van der Waals surface area contributed by atoms with E-state index in [9.17, 15) is 9.59 Å². The molecule has 42 heavy (non-hydrogen) atoms. The summed E-state index contributed by atoms with van der Waals surface area (Å²) >= 11 is 0. The van der Waals surface area contributed by atoms with Gasteiger partial charge in [-0.25, -0.2) is 0 Å². The summed E-state index contributed by atoms with van der Waals surface area (Å²) in [6.07, 6.45) is 0. The molecule has 0 unspecified atom stereocenters. The second-order valence-electron chi connectivity index (χ2n) is 10.3. The van der Waals surface area contributed by atoms with Crippen molar-refractivity contribution in [2.45, 2.75) is 13.8 Å². The minimum Gasteiger partial charge on any atom is -0.457 e. The van der Waals surface area contributed by atoms with Gasteiger partial charge in [0.15, 0.2) is 11.6 Å². The van der Waals surface area contributed by atoms with Gasteiger partial charge in [0.2, 0.25) is 0 Å². The lowest BCUT2D eigenvalue weighted by molar-refractivity contribution is 0.103. The van der Waals surface area contributed by atoms with E-state index in [1.165, 1.54) is 0 Å². The van der Waals surface area contributed by atoms with Crippen LogP contribution in [0.3, 0.4) is 0 Å². The molecule has 4 nitrogen and oxygen atoms in total. The summed E-state index contributed by atoms with van der Waals surface area (Å²) in [5.41, 5.74) is 4.77. The minimum atomic E-state index is -0.0210. The van der Waals surface area contributed by atoms with Gasteiger partial charge in [0.1, 0.15) is 23.0 Å². The van der Waals surface area contributed by atoms with Crippen molar-refractivity contribution in [3.8, 4) is 23.0 Å². The van der Waals surface area contributed by atoms with Crippen molar-refractivity contribution < 1.29 is 19.1 Å². The number of carbonyl (C=O) groups is 2. The van der Waals surface area contributed by atoms with Gasteiger partial charge in [-0.1, -0.05) is 71.8 Å². The molecule has 0 spiro atoms. The lowest BCUT2D eigenvalue weighted by Crippen LogP contribution is -2.01. The molecule has 6 rings (SSSR count). The lowest BCUT2D eigenvalue weighted by atomic mass is 10.0. The molecule has 0 N–H and O–H groups in total. The number of fused-ring (bicyclic) bond motifs is 1. The molecule has 0 saturated carbocycles. The van der Waals surface area contributed by atoms with Crippen molar-refractivity contribution in [1.29, 1.82) is 0 Å². The highest BCUT2D eigenvalue weighted by molar-refractivity contribution is 6.09. The molecule has 0 aliphatic rings. The zero-order chi connectivity index (χ0) is 29.1. The molecular formula is C38H28O4. The Morgan fingerprint density at radius 1 is 0.381 bits per heavy atom. The van der Waals surface area contributed by atoms with Crippen molar-refractivity contribution in [3.05, 3.63) is 167 Å². The molecule has 0 fully saturated rings. The Hall–Kier alpha value is -5.48. The van der Waals surface area contributed by atoms with Crippen molar-refractivity contribution in [2.24, 2.45) is 0 Å². The van der Waals surface area contributed by atoms with Crippen LogP contribution < -0.4 is 9.47 Å². The average molecular weight is 549 g/mol. The molecule has 6 aromatic carbocycles. The third-order valence-corrected chi connectivity index (χ3v) is 7.12. The molecule has 0 saturated heterocycles. The van der Waals surface area contributed by atoms with Crippen LogP contribution in [0.15, 0.2) is 133 Å². The zero-order valence-electron chi connectivity index (χ0n) is 23.3. The first-order valence-corrected chi connectivity index (χ1v) is 13.7. The number of carbonyl (C=O) groups excluding carboxylic acids is 2. The van der Waals surface area contributed by atoms with E-state index in [4.69, 9.17) is 9.47 Å². The Labute approximate surface area is 244 Å². The van der Waals surface area contributed by atoms with Crippen molar-refractivity contribution in [1.82, 2.24) is 0 Å². The van der Waals surface area contributed by atoms with E-state index in [-0.39, 0.29) is 11.6 Å². The molecule has 0 aliphatic heterocycles. The highest BCUT2D eigenvalue weighted by Crippen LogP contribution is 2.30. The van der Waals surface area contributed by atoms with Crippen molar-refractivity contribution >= 4 is 22.3 Å². The van der Waals surface area contributed by atoms with Crippen molar-refractivity contribution in [3.63, 3.8) is 0 Å². The number of hydrogen-bond donors (Lipinski definition) is 0. The first kappa shape index (κ1) is 26.7. The van der Waals surface area contributed by atoms with Gasteiger partial charge in [-0.05, 0) is 97.4 Å². The van der Waals surface area contributed by atoms with E-state index in [0.29, 0.717) is 45.3 Å². The Balaban J connectivity index is 1.14. The first-order valence-electron chi connectivity index (χ1n) is 13.7. The van der Waals surface area contributed by atoms with Crippen LogP contribution in [-0.4, -0.2) is 11.6 Å². The second-order valence-corrected chi connectivity index (χ2v) is 10.3. The maximum Gasteiger partial charge on any atom is 0.193 e. The maximum absolute atomic E-state index is 12.8. The summed E-state index contributed by atoms with van der Waals surface area (Å²) in [7, 11) is 0. The predicted octanol–water partition coefficient (Wildman–Crippen LogP) is 9.50. The van der Waals surface area contributed by atoms with Crippen LogP contribution in [0.4, 0.5) is 0 Å². The van der Waals surface area contributed by atoms with Crippen LogP contribution >= 0.6 is 0 Å². The molecule has 0 amide bonds. The van der Waals surface area contributed by atoms with Gasteiger partial charge in [0.25, 0.3) is 0 Å². The Morgan fingerprint density at radius 3 is 1.05 bits per heavy atom. The van der Waals surface area contributed by atoms with E-state index >= 15 is 0 Å². The van der Waals surface area contributed by atoms with Gasteiger partial charge in [-0.2, -0.15) is 0 Å². The van der Waals surface area contributed by atoms with Crippen molar-refractivity contribution in [2.75, 3.05) is 0 Å². The SMILES string of the molecule is Cc1ccc(C(=O)c2ccc(Oc3ccc4ccc(Oc5ccc(C(=O)c6ccc(C)cc6)cc5)cc4c3)cc2)cc1. The number of ketones is 2. The predicted molar refractivity (Wildman–Crippen MR) is 166 cm³/mol. The van der Waals surface area contributed by atoms with E-state index in [1.807, 2.05) is 98.8 Å². The van der Waals surface area contributed by atoms with Crippen LogP contribution in [0.5, 0.6) is 23.0 Å². The summed E-state index contributed by atoms with van der Waals surface area (Å²) in [4.78, 5) is 25.6. The molecule has 0 bridgehead atoms. The van der Waals surface area contributed by atoms with Crippen LogP contribution in [0.25, 0.3) is 10.8 Å². The van der Waals surface area contributed by atoms with Gasteiger partial charge in [0, 0.05) is 22.3 Å². The van der Waals surface area contributed by atoms with E-state index in [2.05, 4.69) is 0 Å². The van der Waals surface area contributed by atoms with Crippen LogP contribution in [0, 0.1) is 13.8 Å².